The Hall–Kier alpha value is -2.79. The Morgan fingerprint density at radius 3 is 2.68 bits per heavy atom. The van der Waals surface area contributed by atoms with E-state index < -0.39 is 11.7 Å². The average molecular weight is 447 g/mol. The van der Waals surface area contributed by atoms with E-state index in [0.717, 1.165) is 49.4 Å². The van der Waals surface area contributed by atoms with Gasteiger partial charge in [-0.15, -0.1) is 16.4 Å². The average Bonchev–Trinajstić information content (AvgIpc) is 3.50. The molecule has 0 radical (unpaired) electrons. The molecule has 0 saturated carbocycles. The third-order valence-electron chi connectivity index (χ3n) is 5.71. The van der Waals surface area contributed by atoms with Crippen molar-refractivity contribution < 1.29 is 13.2 Å². The highest BCUT2D eigenvalue weighted by molar-refractivity contribution is 7.09. The molecule has 11 heteroatoms. The van der Waals surface area contributed by atoms with E-state index in [-0.39, 0.29) is 6.04 Å². The third kappa shape index (κ3) is 4.19. The zero-order valence-corrected chi connectivity index (χ0v) is 17.4. The maximum absolute atomic E-state index is 13.0. The van der Waals surface area contributed by atoms with Crippen LogP contribution in [0.25, 0.3) is 11.0 Å². The summed E-state index contributed by atoms with van der Waals surface area (Å²) >= 11 is 1.68. The molecule has 4 aromatic rings. The summed E-state index contributed by atoms with van der Waals surface area (Å²) in [6.07, 6.45) is -0.924. The number of hydrogen-bond donors (Lipinski definition) is 0. The van der Waals surface area contributed by atoms with Gasteiger partial charge in [0.15, 0.2) is 5.82 Å². The number of aromatic nitrogens is 6. The number of piperidine rings is 1. The van der Waals surface area contributed by atoms with Gasteiger partial charge in [0, 0.05) is 24.0 Å². The van der Waals surface area contributed by atoms with Crippen molar-refractivity contribution in [3.05, 3.63) is 58.3 Å². The van der Waals surface area contributed by atoms with E-state index in [2.05, 4.69) is 31.5 Å². The molecule has 5 rings (SSSR count). The molecule has 1 aliphatic rings. The molecule has 1 aliphatic heterocycles. The number of thiophene rings is 1. The standard InChI is InChI=1S/C20H20F3N7S/c21-20(22,23)14-3-4-18-17(10-14)24-13-29(18)15-5-7-28(8-6-15)12-19-25-26-27-30(19)11-16-2-1-9-31-16/h1-4,9-10,13,15H,5-8,11-12H2. The molecule has 0 spiro atoms. The largest absolute Gasteiger partial charge is 0.416 e. The van der Waals surface area contributed by atoms with E-state index in [0.29, 0.717) is 18.6 Å². The molecule has 0 unspecified atom stereocenters. The number of benzene rings is 1. The lowest BCUT2D eigenvalue weighted by molar-refractivity contribution is -0.137. The van der Waals surface area contributed by atoms with Crippen molar-refractivity contribution in [1.82, 2.24) is 34.7 Å². The zero-order valence-electron chi connectivity index (χ0n) is 16.5. The fourth-order valence-corrected chi connectivity index (χ4v) is 4.75. The molecule has 4 heterocycles. The van der Waals surface area contributed by atoms with E-state index in [1.807, 2.05) is 20.7 Å². The lowest BCUT2D eigenvalue weighted by Gasteiger charge is -2.32. The topological polar surface area (TPSA) is 64.7 Å². The van der Waals surface area contributed by atoms with Crippen LogP contribution in [-0.4, -0.2) is 47.7 Å². The van der Waals surface area contributed by atoms with Gasteiger partial charge in [-0.05, 0) is 52.9 Å². The first-order valence-electron chi connectivity index (χ1n) is 10.0. The fraction of sp³-hybridized carbons (Fsp3) is 0.400. The Morgan fingerprint density at radius 2 is 1.94 bits per heavy atom. The van der Waals surface area contributed by atoms with Crippen LogP contribution in [-0.2, 0) is 19.3 Å². The molecule has 0 atom stereocenters. The van der Waals surface area contributed by atoms with Crippen LogP contribution < -0.4 is 0 Å². The van der Waals surface area contributed by atoms with Crippen molar-refractivity contribution in [2.45, 2.75) is 38.1 Å². The summed E-state index contributed by atoms with van der Waals surface area (Å²) in [7, 11) is 0. The Morgan fingerprint density at radius 1 is 1.10 bits per heavy atom. The molecule has 31 heavy (non-hydrogen) atoms. The second kappa shape index (κ2) is 8.04. The molecule has 0 N–H and O–H groups in total. The molecular formula is C20H20F3N7S. The number of hydrogen-bond acceptors (Lipinski definition) is 6. The molecule has 7 nitrogen and oxygen atoms in total. The SMILES string of the molecule is FC(F)(F)c1ccc2c(c1)ncn2C1CCN(Cc2nnnn2Cc2cccs2)CC1. The van der Waals surface area contributed by atoms with E-state index in [1.165, 1.54) is 10.9 Å². The lowest BCUT2D eigenvalue weighted by Crippen LogP contribution is -2.35. The van der Waals surface area contributed by atoms with Crippen LogP contribution in [0.4, 0.5) is 13.2 Å². The highest BCUT2D eigenvalue weighted by atomic mass is 32.1. The molecule has 3 aromatic heterocycles. The first-order valence-corrected chi connectivity index (χ1v) is 10.9. The number of imidazole rings is 1. The molecule has 162 valence electrons. The van der Waals surface area contributed by atoms with Gasteiger partial charge in [-0.2, -0.15) is 13.2 Å². The quantitative estimate of drug-likeness (QED) is 0.463. The summed E-state index contributed by atoms with van der Waals surface area (Å²) in [6, 6.07) is 8.06. The first kappa shape index (κ1) is 20.1. The highest BCUT2D eigenvalue weighted by Crippen LogP contribution is 2.33. The minimum absolute atomic E-state index is 0.208. The van der Waals surface area contributed by atoms with Crippen LogP contribution in [0.1, 0.15) is 35.1 Å². The number of tetrazole rings is 1. The Kier molecular flexibility index (Phi) is 5.22. The van der Waals surface area contributed by atoms with Crippen LogP contribution in [0.3, 0.4) is 0 Å². The second-order valence-electron chi connectivity index (χ2n) is 7.69. The molecule has 1 fully saturated rings. The fourth-order valence-electron chi connectivity index (χ4n) is 4.06. The van der Waals surface area contributed by atoms with E-state index >= 15 is 0 Å². The lowest BCUT2D eigenvalue weighted by atomic mass is 10.0. The Bertz CT molecular complexity index is 1160. The first-order chi connectivity index (χ1) is 15.0. The van der Waals surface area contributed by atoms with E-state index in [4.69, 9.17) is 0 Å². The van der Waals surface area contributed by atoms with Crippen molar-refractivity contribution in [2.75, 3.05) is 13.1 Å². The zero-order chi connectivity index (χ0) is 21.4. The van der Waals surface area contributed by atoms with Gasteiger partial charge < -0.3 is 4.57 Å². The molecule has 0 amide bonds. The summed E-state index contributed by atoms with van der Waals surface area (Å²) in [6.45, 7) is 3.05. The maximum Gasteiger partial charge on any atom is 0.416 e. The van der Waals surface area contributed by atoms with Crippen LogP contribution in [0.5, 0.6) is 0 Å². The summed E-state index contributed by atoms with van der Waals surface area (Å²) in [5.74, 6) is 0.833. The predicted octanol–water partition coefficient (Wildman–Crippen LogP) is 3.99. The van der Waals surface area contributed by atoms with Crippen LogP contribution in [0.15, 0.2) is 42.0 Å². The number of rotatable bonds is 5. The van der Waals surface area contributed by atoms with Crippen molar-refractivity contribution in [1.29, 1.82) is 0 Å². The molecule has 0 aliphatic carbocycles. The van der Waals surface area contributed by atoms with Gasteiger partial charge in [0.25, 0.3) is 0 Å². The number of alkyl halides is 3. The molecule has 1 saturated heterocycles. The van der Waals surface area contributed by atoms with E-state index in [1.54, 1.807) is 17.7 Å². The number of halogens is 3. The smallest absolute Gasteiger partial charge is 0.327 e. The summed E-state index contributed by atoms with van der Waals surface area (Å²) in [5, 5.41) is 14.2. The van der Waals surface area contributed by atoms with Crippen molar-refractivity contribution in [2.24, 2.45) is 0 Å². The predicted molar refractivity (Wildman–Crippen MR) is 110 cm³/mol. The summed E-state index contributed by atoms with van der Waals surface area (Å²) < 4.78 is 42.7. The second-order valence-corrected chi connectivity index (χ2v) is 8.72. The van der Waals surface area contributed by atoms with E-state index in [9.17, 15) is 13.2 Å². The van der Waals surface area contributed by atoms with Gasteiger partial charge >= 0.3 is 6.18 Å². The maximum atomic E-state index is 13.0. The Labute approximate surface area is 180 Å². The van der Waals surface area contributed by atoms with Crippen molar-refractivity contribution in [3.63, 3.8) is 0 Å². The number of likely N-dealkylation sites (tertiary alicyclic amines) is 1. The van der Waals surface area contributed by atoms with Crippen molar-refractivity contribution >= 4 is 22.4 Å². The Balaban J connectivity index is 1.24. The number of nitrogens with zero attached hydrogens (tertiary/aromatic N) is 7. The highest BCUT2D eigenvalue weighted by Gasteiger charge is 2.31. The summed E-state index contributed by atoms with van der Waals surface area (Å²) in [4.78, 5) is 7.73. The molecular weight excluding hydrogens is 427 g/mol. The van der Waals surface area contributed by atoms with Gasteiger partial charge in [0.1, 0.15) is 0 Å². The van der Waals surface area contributed by atoms with Gasteiger partial charge in [-0.3, -0.25) is 4.90 Å². The minimum atomic E-state index is -4.36. The monoisotopic (exact) mass is 447 g/mol. The summed E-state index contributed by atoms with van der Waals surface area (Å²) in [5.41, 5.74) is 0.455. The van der Waals surface area contributed by atoms with Crippen LogP contribution in [0.2, 0.25) is 0 Å². The minimum Gasteiger partial charge on any atom is -0.327 e. The van der Waals surface area contributed by atoms with Gasteiger partial charge in [-0.25, -0.2) is 9.67 Å². The van der Waals surface area contributed by atoms with Crippen molar-refractivity contribution in [3.8, 4) is 0 Å². The number of fused-ring (bicyclic) bond motifs is 1. The van der Waals surface area contributed by atoms with Gasteiger partial charge in [0.2, 0.25) is 0 Å². The van der Waals surface area contributed by atoms with Crippen LogP contribution >= 0.6 is 11.3 Å². The third-order valence-corrected chi connectivity index (χ3v) is 6.57. The molecule has 1 aromatic carbocycles. The molecule has 0 bridgehead atoms. The van der Waals surface area contributed by atoms with Gasteiger partial charge in [-0.1, -0.05) is 6.07 Å². The van der Waals surface area contributed by atoms with Crippen LogP contribution in [0, 0.1) is 0 Å². The normalized spacial score (nSPS) is 16.4. The van der Waals surface area contributed by atoms with Gasteiger partial charge in [0.05, 0.1) is 36.0 Å².